The number of benzene rings is 1. The summed E-state index contributed by atoms with van der Waals surface area (Å²) < 4.78 is 7.80. The number of carbonyl (C=O) groups is 1. The molecule has 0 bridgehead atoms. The maximum Gasteiger partial charge on any atom is 0.271 e. The highest BCUT2D eigenvalue weighted by atomic mass is 32.1. The molecule has 1 amide bonds. The van der Waals surface area contributed by atoms with Gasteiger partial charge in [-0.2, -0.15) is 0 Å². The third kappa shape index (κ3) is 4.14. The molecule has 0 fully saturated rings. The van der Waals surface area contributed by atoms with Crippen molar-refractivity contribution in [3.8, 4) is 5.75 Å². The molecule has 2 aromatic heterocycles. The van der Waals surface area contributed by atoms with E-state index in [-0.39, 0.29) is 11.5 Å². The number of carbonyl (C=O) groups excluding carboxylic acids is 1. The fourth-order valence-electron chi connectivity index (χ4n) is 4.07. The lowest BCUT2D eigenvalue weighted by molar-refractivity contribution is -0.127. The standard InChI is InChI=1S/C25H26N4O3S/c1-5-28(6-2)24(31)21-16(3)27-25-29(22(21)18-9-7-8-10-19(18)32-4)23(30)20(33-25)15-17-11-13-26-14-12-17/h7-15,22H,5-6H2,1-4H3/b20-15+/t22-/m1/s1. The van der Waals surface area contributed by atoms with Crippen molar-refractivity contribution in [3.63, 3.8) is 0 Å². The lowest BCUT2D eigenvalue weighted by Gasteiger charge is -2.29. The molecular formula is C25H26N4O3S. The summed E-state index contributed by atoms with van der Waals surface area (Å²) in [6, 6.07) is 10.6. The zero-order valence-corrected chi connectivity index (χ0v) is 19.9. The van der Waals surface area contributed by atoms with Crippen LogP contribution in [0, 0.1) is 0 Å². The Kier molecular flexibility index (Phi) is 6.55. The maximum atomic E-state index is 13.7. The van der Waals surface area contributed by atoms with E-state index in [2.05, 4.69) is 4.98 Å². The van der Waals surface area contributed by atoms with Crippen molar-refractivity contribution < 1.29 is 9.53 Å². The molecule has 0 radical (unpaired) electrons. The van der Waals surface area contributed by atoms with Crippen LogP contribution in [0.1, 0.15) is 37.9 Å². The summed E-state index contributed by atoms with van der Waals surface area (Å²) in [5.74, 6) is 0.492. The number of ether oxygens (including phenoxy) is 1. The molecule has 3 aromatic rings. The van der Waals surface area contributed by atoms with Crippen molar-refractivity contribution in [3.05, 3.63) is 90.9 Å². The average molecular weight is 463 g/mol. The zero-order valence-electron chi connectivity index (χ0n) is 19.1. The molecule has 8 heteroatoms. The first-order valence-corrected chi connectivity index (χ1v) is 11.7. The SMILES string of the molecule is CCN(CC)C(=O)C1=C(C)N=c2s/c(=C/c3ccncc3)c(=O)n2[C@@H]1c1ccccc1OC. The van der Waals surface area contributed by atoms with E-state index in [9.17, 15) is 9.59 Å². The Morgan fingerprint density at radius 1 is 1.18 bits per heavy atom. The van der Waals surface area contributed by atoms with Gasteiger partial charge in [-0.1, -0.05) is 29.5 Å². The number of hydrogen-bond donors (Lipinski definition) is 0. The summed E-state index contributed by atoms with van der Waals surface area (Å²) in [4.78, 5) is 38.3. The normalized spacial score (nSPS) is 15.8. The van der Waals surface area contributed by atoms with Crippen LogP contribution in [0.25, 0.3) is 6.08 Å². The van der Waals surface area contributed by atoms with Gasteiger partial charge in [0.2, 0.25) is 0 Å². The van der Waals surface area contributed by atoms with Crippen molar-refractivity contribution in [2.75, 3.05) is 20.2 Å². The van der Waals surface area contributed by atoms with Crippen LogP contribution in [0.3, 0.4) is 0 Å². The van der Waals surface area contributed by atoms with Gasteiger partial charge in [-0.3, -0.25) is 19.1 Å². The molecule has 1 aliphatic rings. The highest BCUT2D eigenvalue weighted by Crippen LogP contribution is 2.35. The molecule has 0 aliphatic carbocycles. The Balaban J connectivity index is 2.00. The molecule has 1 aromatic carbocycles. The fraction of sp³-hybridized carbons (Fsp3) is 0.280. The van der Waals surface area contributed by atoms with E-state index in [0.717, 1.165) is 11.1 Å². The van der Waals surface area contributed by atoms with Crippen LogP contribution in [0.4, 0.5) is 0 Å². The average Bonchev–Trinajstić information content (AvgIpc) is 3.13. The van der Waals surface area contributed by atoms with E-state index in [4.69, 9.17) is 9.73 Å². The van der Waals surface area contributed by atoms with E-state index in [1.807, 2.05) is 63.2 Å². The van der Waals surface area contributed by atoms with Crippen molar-refractivity contribution in [2.24, 2.45) is 4.99 Å². The van der Waals surface area contributed by atoms with Crippen molar-refractivity contribution in [2.45, 2.75) is 26.8 Å². The van der Waals surface area contributed by atoms with Gasteiger partial charge >= 0.3 is 0 Å². The zero-order chi connectivity index (χ0) is 23.5. The maximum absolute atomic E-state index is 13.7. The van der Waals surface area contributed by atoms with Gasteiger partial charge in [0.15, 0.2) is 4.80 Å². The molecule has 0 saturated carbocycles. The first-order valence-electron chi connectivity index (χ1n) is 10.8. The number of thiazole rings is 1. The molecule has 7 nitrogen and oxygen atoms in total. The third-order valence-electron chi connectivity index (χ3n) is 5.74. The highest BCUT2D eigenvalue weighted by Gasteiger charge is 2.35. The minimum atomic E-state index is -0.634. The second kappa shape index (κ2) is 9.54. The second-order valence-electron chi connectivity index (χ2n) is 7.58. The number of rotatable bonds is 6. The summed E-state index contributed by atoms with van der Waals surface area (Å²) in [5, 5.41) is 0. The summed E-state index contributed by atoms with van der Waals surface area (Å²) in [7, 11) is 1.59. The number of amides is 1. The monoisotopic (exact) mass is 462 g/mol. The number of methoxy groups -OCH3 is 1. The number of para-hydroxylation sites is 1. The molecule has 0 N–H and O–H groups in total. The van der Waals surface area contributed by atoms with Crippen molar-refractivity contribution >= 4 is 23.3 Å². The molecule has 1 aliphatic heterocycles. The Labute approximate surface area is 196 Å². The largest absolute Gasteiger partial charge is 0.496 e. The highest BCUT2D eigenvalue weighted by molar-refractivity contribution is 7.07. The molecule has 4 rings (SSSR count). The first kappa shape index (κ1) is 22.7. The predicted molar refractivity (Wildman–Crippen MR) is 129 cm³/mol. The van der Waals surface area contributed by atoms with Gasteiger partial charge in [0.1, 0.15) is 11.8 Å². The van der Waals surface area contributed by atoms with E-state index in [1.54, 1.807) is 29.0 Å². The Bertz CT molecular complexity index is 1380. The lowest BCUT2D eigenvalue weighted by Crippen LogP contribution is -2.43. The number of aromatic nitrogens is 2. The summed E-state index contributed by atoms with van der Waals surface area (Å²) in [6.07, 6.45) is 5.20. The molecule has 0 spiro atoms. The number of nitrogens with zero attached hydrogens (tertiary/aromatic N) is 4. The van der Waals surface area contributed by atoms with Gasteiger partial charge in [0.25, 0.3) is 11.5 Å². The summed E-state index contributed by atoms with van der Waals surface area (Å²) in [6.45, 7) is 6.85. The van der Waals surface area contributed by atoms with Crippen LogP contribution >= 0.6 is 11.3 Å². The van der Waals surface area contributed by atoms with Crippen molar-refractivity contribution in [1.29, 1.82) is 0 Å². The molecular weight excluding hydrogens is 436 g/mol. The molecule has 1 atom stereocenters. The van der Waals surface area contributed by atoms with Crippen LogP contribution < -0.4 is 19.6 Å². The lowest BCUT2D eigenvalue weighted by atomic mass is 9.94. The number of likely N-dealkylation sites (N-methyl/N-ethyl adjacent to an activating group) is 1. The number of fused-ring (bicyclic) bond motifs is 1. The summed E-state index contributed by atoms with van der Waals surface area (Å²) in [5.41, 5.74) is 2.54. The van der Waals surface area contributed by atoms with E-state index in [0.29, 0.717) is 39.4 Å². The van der Waals surface area contributed by atoms with Gasteiger partial charge in [-0.15, -0.1) is 0 Å². The quantitative estimate of drug-likeness (QED) is 0.564. The molecule has 170 valence electrons. The molecule has 33 heavy (non-hydrogen) atoms. The Morgan fingerprint density at radius 3 is 2.55 bits per heavy atom. The predicted octanol–water partition coefficient (Wildman–Crippen LogP) is 2.51. The fourth-order valence-corrected chi connectivity index (χ4v) is 5.12. The van der Waals surface area contributed by atoms with Crippen LogP contribution in [0.15, 0.2) is 69.8 Å². The Hall–Kier alpha value is -3.52. The topological polar surface area (TPSA) is 76.8 Å². The van der Waals surface area contributed by atoms with Crippen molar-refractivity contribution in [1.82, 2.24) is 14.5 Å². The number of allylic oxidation sites excluding steroid dienone is 1. The van der Waals surface area contributed by atoms with Crippen LogP contribution in [-0.4, -0.2) is 40.6 Å². The van der Waals surface area contributed by atoms with Gasteiger partial charge in [-0.05, 0) is 50.6 Å². The molecule has 0 saturated heterocycles. The summed E-state index contributed by atoms with van der Waals surface area (Å²) >= 11 is 1.31. The van der Waals surface area contributed by atoms with Gasteiger partial charge in [-0.25, -0.2) is 4.99 Å². The number of pyridine rings is 1. The van der Waals surface area contributed by atoms with E-state index < -0.39 is 6.04 Å². The van der Waals surface area contributed by atoms with E-state index in [1.165, 1.54) is 11.3 Å². The van der Waals surface area contributed by atoms with Crippen LogP contribution in [0.2, 0.25) is 0 Å². The van der Waals surface area contributed by atoms with Gasteiger partial charge in [0.05, 0.1) is 22.9 Å². The second-order valence-corrected chi connectivity index (χ2v) is 8.59. The third-order valence-corrected chi connectivity index (χ3v) is 6.72. The van der Waals surface area contributed by atoms with Crippen LogP contribution in [0.5, 0.6) is 5.75 Å². The number of hydrogen-bond acceptors (Lipinski definition) is 6. The Morgan fingerprint density at radius 2 is 1.88 bits per heavy atom. The smallest absolute Gasteiger partial charge is 0.271 e. The van der Waals surface area contributed by atoms with E-state index >= 15 is 0 Å². The van der Waals surface area contributed by atoms with Gasteiger partial charge in [0, 0.05) is 31.0 Å². The minimum absolute atomic E-state index is 0.124. The van der Waals surface area contributed by atoms with Crippen LogP contribution in [-0.2, 0) is 4.79 Å². The first-order chi connectivity index (χ1) is 16.0. The minimum Gasteiger partial charge on any atom is -0.496 e. The van der Waals surface area contributed by atoms with Gasteiger partial charge < -0.3 is 9.64 Å². The molecule has 0 unspecified atom stereocenters. The molecule has 3 heterocycles.